The lowest BCUT2D eigenvalue weighted by atomic mass is 10.0. The van der Waals surface area contributed by atoms with Crippen LogP contribution in [0.1, 0.15) is 52.3 Å². The summed E-state index contributed by atoms with van der Waals surface area (Å²) in [6.07, 6.45) is 4.36. The van der Waals surface area contributed by atoms with Crippen molar-refractivity contribution >= 4 is 19.5 Å². The van der Waals surface area contributed by atoms with E-state index in [0.29, 0.717) is 11.2 Å². The van der Waals surface area contributed by atoms with Crippen molar-refractivity contribution in [2.75, 3.05) is 6.61 Å². The van der Waals surface area contributed by atoms with Crippen molar-refractivity contribution in [2.45, 2.75) is 65.5 Å². The molecule has 4 aromatic rings. The fourth-order valence-corrected chi connectivity index (χ4v) is 3.53. The van der Waals surface area contributed by atoms with Gasteiger partial charge in [0.1, 0.15) is 0 Å². The van der Waals surface area contributed by atoms with Gasteiger partial charge in [0.2, 0.25) is 5.52 Å². The number of H-pyrrole nitrogens is 2. The van der Waals surface area contributed by atoms with Crippen molar-refractivity contribution in [3.8, 4) is 11.1 Å². The zero-order chi connectivity index (χ0) is 28.1. The molecule has 2 atom stereocenters. The van der Waals surface area contributed by atoms with Gasteiger partial charge in [-0.2, -0.15) is 0 Å². The highest BCUT2D eigenvalue weighted by molar-refractivity contribution is 7.45. The Morgan fingerprint density at radius 3 is 2.18 bits per heavy atom. The van der Waals surface area contributed by atoms with Crippen LogP contribution in [0, 0.1) is 6.92 Å². The van der Waals surface area contributed by atoms with Crippen molar-refractivity contribution in [1.29, 1.82) is 0 Å². The number of imidazole rings is 1. The highest BCUT2D eigenvalue weighted by atomic mass is 31.2. The van der Waals surface area contributed by atoms with E-state index < -0.39 is 8.38 Å². The summed E-state index contributed by atoms with van der Waals surface area (Å²) in [6, 6.07) is 19.0. The molecule has 9 nitrogen and oxygen atoms in total. The summed E-state index contributed by atoms with van der Waals surface area (Å²) in [7, 11) is -1.66. The van der Waals surface area contributed by atoms with E-state index in [9.17, 15) is 4.79 Å². The molecule has 3 heterocycles. The number of aromatic nitrogens is 4. The Hall–Kier alpha value is -2.94. The van der Waals surface area contributed by atoms with Gasteiger partial charge in [-0.3, -0.25) is 14.8 Å². The van der Waals surface area contributed by atoms with E-state index in [4.69, 9.17) is 19.6 Å². The first-order chi connectivity index (χ1) is 18.3. The lowest BCUT2D eigenvalue weighted by molar-refractivity contribution is -0.738. The van der Waals surface area contributed by atoms with Crippen LogP contribution in [0.25, 0.3) is 22.3 Å². The highest BCUT2D eigenvalue weighted by Crippen LogP contribution is 2.29. The largest absolute Gasteiger partial charge is 0.394 e. The van der Waals surface area contributed by atoms with Crippen molar-refractivity contribution in [3.63, 3.8) is 0 Å². The van der Waals surface area contributed by atoms with Crippen molar-refractivity contribution in [3.05, 3.63) is 83.2 Å². The molecule has 2 aromatic carbocycles. The van der Waals surface area contributed by atoms with Crippen LogP contribution < -0.4 is 10.1 Å². The number of aliphatic hydroxyl groups excluding tert-OH is 1. The fraction of sp³-hybridized carbons (Fsp3) is 0.393. The molecule has 1 aliphatic rings. The van der Waals surface area contributed by atoms with Crippen LogP contribution in [0.4, 0.5) is 0 Å². The summed E-state index contributed by atoms with van der Waals surface area (Å²) in [6.45, 7) is 9.67. The molecule has 0 spiro atoms. The van der Waals surface area contributed by atoms with E-state index in [1.165, 1.54) is 23.0 Å². The Bertz CT molecular complexity index is 1250. The molecule has 0 saturated carbocycles. The SMILES string of the molecule is CC.CC(C)P(O)O.Cc1ccc(-c2ccccc2)cc1.O=c1[nH]cnc2c1[nH]c[n+]2C1CCC(CO)O1. The Morgan fingerprint density at radius 1 is 1.03 bits per heavy atom. The fourth-order valence-electron chi connectivity index (χ4n) is 3.53. The first-order valence-electron chi connectivity index (χ1n) is 12.8. The standard InChI is InChI=1S/C13H12.C10H12N4O3.C3H9O2P.C2H6/c1-11-7-9-13(10-8-11)12-5-3-2-4-6-12;15-3-6-1-2-7(17-6)14-5-13-8-9(14)11-4-12-10(8)16;1-3(2)6(4)5;1-2/h2-10H,1H3;4-7,15H,1-3H2,(H,11,12,16);3-5H,1-2H3;1-2H3/p+1. The minimum Gasteiger partial charge on any atom is -0.394 e. The number of ether oxygens (including phenoxy) is 1. The minimum atomic E-state index is -1.66. The second-order valence-corrected chi connectivity index (χ2v) is 10.4. The Balaban J connectivity index is 0.000000214. The maximum absolute atomic E-state index is 11.5. The minimum absolute atomic E-state index is 0.0213. The lowest BCUT2D eigenvalue weighted by Crippen LogP contribution is -2.39. The van der Waals surface area contributed by atoms with Gasteiger partial charge in [-0.25, -0.2) is 4.57 Å². The smallest absolute Gasteiger partial charge is 0.311 e. The van der Waals surface area contributed by atoms with E-state index in [1.54, 1.807) is 24.7 Å². The molecule has 2 unspecified atom stereocenters. The van der Waals surface area contributed by atoms with Crippen molar-refractivity contribution in [1.82, 2.24) is 15.0 Å². The van der Waals surface area contributed by atoms with Crippen LogP contribution in [0.2, 0.25) is 0 Å². The summed E-state index contributed by atoms with van der Waals surface area (Å²) in [5, 5.41) is 9.03. The van der Waals surface area contributed by atoms with E-state index in [1.807, 2.05) is 19.9 Å². The van der Waals surface area contributed by atoms with Crippen LogP contribution in [-0.2, 0) is 4.74 Å². The second kappa shape index (κ2) is 16.1. The monoisotopic (exact) mass is 543 g/mol. The summed E-state index contributed by atoms with van der Waals surface area (Å²) in [4.78, 5) is 37.5. The Kier molecular flexibility index (Phi) is 13.3. The van der Waals surface area contributed by atoms with Crippen LogP contribution >= 0.6 is 8.38 Å². The molecule has 0 radical (unpaired) electrons. The molecule has 38 heavy (non-hydrogen) atoms. The number of hydrogen-bond acceptors (Lipinski definition) is 6. The van der Waals surface area contributed by atoms with Crippen LogP contribution in [-0.4, -0.2) is 48.2 Å². The molecule has 0 bridgehead atoms. The molecule has 1 aliphatic heterocycles. The molecule has 5 rings (SSSR count). The van der Waals surface area contributed by atoms with Gasteiger partial charge in [0.05, 0.1) is 12.7 Å². The van der Waals surface area contributed by atoms with Gasteiger partial charge in [-0.05, 0) is 24.5 Å². The molecule has 10 heteroatoms. The molecular formula is C28H40N4O5P+. The summed E-state index contributed by atoms with van der Waals surface area (Å²) in [5.41, 5.74) is 4.69. The number of aromatic amines is 2. The average molecular weight is 544 g/mol. The Morgan fingerprint density at radius 2 is 1.63 bits per heavy atom. The third-order valence-electron chi connectivity index (χ3n) is 5.65. The first kappa shape index (κ1) is 31.3. The number of aryl methyl sites for hydroxylation is 1. The number of nitrogens with zero attached hydrogens (tertiary/aromatic N) is 2. The highest BCUT2D eigenvalue weighted by Gasteiger charge is 2.31. The first-order valence-corrected chi connectivity index (χ1v) is 14.1. The number of hydrogen-bond donors (Lipinski definition) is 5. The van der Waals surface area contributed by atoms with Gasteiger partial charge in [-0.1, -0.05) is 92.8 Å². The van der Waals surface area contributed by atoms with Gasteiger partial charge < -0.3 is 19.6 Å². The molecular weight excluding hydrogens is 503 g/mol. The number of benzene rings is 2. The molecule has 0 amide bonds. The summed E-state index contributed by atoms with van der Waals surface area (Å²) < 4.78 is 7.44. The molecule has 1 saturated heterocycles. The molecule has 5 N–H and O–H groups in total. The van der Waals surface area contributed by atoms with Gasteiger partial charge in [0, 0.05) is 12.1 Å². The third kappa shape index (κ3) is 9.11. The molecule has 0 aliphatic carbocycles. The van der Waals surface area contributed by atoms with Crippen molar-refractivity contribution in [2.24, 2.45) is 0 Å². The maximum Gasteiger partial charge on any atom is 0.311 e. The second-order valence-electron chi connectivity index (χ2n) is 8.73. The number of fused-ring (bicyclic) bond motifs is 1. The quantitative estimate of drug-likeness (QED) is 0.189. The predicted molar refractivity (Wildman–Crippen MR) is 152 cm³/mol. The molecule has 206 valence electrons. The van der Waals surface area contributed by atoms with E-state index in [0.717, 1.165) is 12.8 Å². The number of rotatable bonds is 4. The zero-order valence-corrected chi connectivity index (χ0v) is 23.6. The van der Waals surface area contributed by atoms with Crippen molar-refractivity contribution < 1.29 is 24.2 Å². The zero-order valence-electron chi connectivity index (χ0n) is 22.7. The van der Waals surface area contributed by atoms with Gasteiger partial charge in [0.15, 0.2) is 27.3 Å². The lowest BCUT2D eigenvalue weighted by Gasteiger charge is -2.09. The van der Waals surface area contributed by atoms with E-state index in [2.05, 4.69) is 70.4 Å². The maximum atomic E-state index is 11.5. The number of aliphatic hydroxyl groups is 1. The van der Waals surface area contributed by atoms with Gasteiger partial charge in [-0.15, -0.1) is 0 Å². The van der Waals surface area contributed by atoms with Crippen LogP contribution in [0.3, 0.4) is 0 Å². The van der Waals surface area contributed by atoms with Gasteiger partial charge in [0.25, 0.3) is 5.56 Å². The van der Waals surface area contributed by atoms with Crippen LogP contribution in [0.5, 0.6) is 0 Å². The normalized spacial score (nSPS) is 16.3. The van der Waals surface area contributed by atoms with Crippen LogP contribution in [0.15, 0.2) is 72.0 Å². The van der Waals surface area contributed by atoms with Gasteiger partial charge >= 0.3 is 5.65 Å². The molecule has 1 fully saturated rings. The summed E-state index contributed by atoms with van der Waals surface area (Å²) in [5.74, 6) is 0. The average Bonchev–Trinajstić information content (AvgIpc) is 3.59. The number of nitrogens with one attached hydrogen (secondary N) is 2. The van der Waals surface area contributed by atoms with E-state index in [-0.39, 0.29) is 30.2 Å². The predicted octanol–water partition coefficient (Wildman–Crippen LogP) is 4.59. The summed E-state index contributed by atoms with van der Waals surface area (Å²) >= 11 is 0. The van der Waals surface area contributed by atoms with E-state index >= 15 is 0 Å². The Labute approximate surface area is 225 Å². The molecule has 2 aromatic heterocycles. The topological polar surface area (TPSA) is 135 Å². The third-order valence-corrected chi connectivity index (χ3v) is 6.57.